The maximum Gasteiger partial charge on any atom is 0.243 e. The molecule has 0 aliphatic rings. The number of benzene rings is 1. The fourth-order valence-electron chi connectivity index (χ4n) is 1.19. The zero-order chi connectivity index (χ0) is 11.8. The molecule has 2 nitrogen and oxygen atoms in total. The minimum absolute atomic E-state index is 0.0311. The van der Waals surface area contributed by atoms with Crippen molar-refractivity contribution in [2.24, 2.45) is 0 Å². The van der Waals surface area contributed by atoms with E-state index < -0.39 is 0 Å². The SMILES string of the molecule is CCCCNC(=O)C=Cc1ccc(Br)cc1. The van der Waals surface area contributed by atoms with Gasteiger partial charge in [-0.2, -0.15) is 0 Å². The highest BCUT2D eigenvalue weighted by atomic mass is 79.9. The number of carbonyl (C=O) groups excluding carboxylic acids is 1. The molecule has 1 N–H and O–H groups in total. The Kier molecular flexibility index (Phi) is 5.86. The first-order valence-corrected chi connectivity index (χ1v) is 6.23. The third kappa shape index (κ3) is 5.12. The molecule has 0 atom stereocenters. The molecular weight excluding hydrogens is 266 g/mol. The lowest BCUT2D eigenvalue weighted by molar-refractivity contribution is -0.116. The average Bonchev–Trinajstić information content (AvgIpc) is 2.29. The quantitative estimate of drug-likeness (QED) is 0.651. The van der Waals surface area contributed by atoms with Gasteiger partial charge in [-0.1, -0.05) is 41.4 Å². The number of nitrogens with one attached hydrogen (secondary N) is 1. The van der Waals surface area contributed by atoms with Crippen LogP contribution in [-0.4, -0.2) is 12.5 Å². The van der Waals surface area contributed by atoms with Crippen molar-refractivity contribution in [2.45, 2.75) is 19.8 Å². The van der Waals surface area contributed by atoms with Crippen molar-refractivity contribution in [3.8, 4) is 0 Å². The van der Waals surface area contributed by atoms with Gasteiger partial charge < -0.3 is 5.32 Å². The largest absolute Gasteiger partial charge is 0.353 e. The molecule has 0 saturated heterocycles. The molecule has 0 fully saturated rings. The van der Waals surface area contributed by atoms with E-state index in [0.29, 0.717) is 0 Å². The van der Waals surface area contributed by atoms with Gasteiger partial charge in [-0.25, -0.2) is 0 Å². The van der Waals surface area contributed by atoms with Crippen LogP contribution in [0.25, 0.3) is 6.08 Å². The summed E-state index contributed by atoms with van der Waals surface area (Å²) in [7, 11) is 0. The van der Waals surface area contributed by atoms with Crippen LogP contribution in [0.15, 0.2) is 34.8 Å². The Morgan fingerprint density at radius 2 is 2.06 bits per heavy atom. The van der Waals surface area contributed by atoms with Crippen LogP contribution in [0.5, 0.6) is 0 Å². The fraction of sp³-hybridized carbons (Fsp3) is 0.308. The van der Waals surface area contributed by atoms with Crippen LogP contribution in [-0.2, 0) is 4.79 Å². The number of hydrogen-bond acceptors (Lipinski definition) is 1. The summed E-state index contributed by atoms with van der Waals surface area (Å²) in [6.45, 7) is 2.85. The summed E-state index contributed by atoms with van der Waals surface area (Å²) in [5, 5.41) is 2.83. The van der Waals surface area contributed by atoms with Crippen LogP contribution in [0.2, 0.25) is 0 Å². The molecule has 1 aromatic rings. The first-order valence-electron chi connectivity index (χ1n) is 5.44. The second-order valence-corrected chi connectivity index (χ2v) is 4.45. The van der Waals surface area contributed by atoms with Crippen molar-refractivity contribution >= 4 is 27.9 Å². The summed E-state index contributed by atoms with van der Waals surface area (Å²) < 4.78 is 1.04. The van der Waals surface area contributed by atoms with E-state index in [2.05, 4.69) is 28.2 Å². The number of carbonyl (C=O) groups is 1. The van der Waals surface area contributed by atoms with Crippen molar-refractivity contribution in [2.75, 3.05) is 6.54 Å². The molecule has 86 valence electrons. The number of amides is 1. The van der Waals surface area contributed by atoms with E-state index in [1.54, 1.807) is 6.08 Å². The predicted molar refractivity (Wildman–Crippen MR) is 71.1 cm³/mol. The zero-order valence-corrected chi connectivity index (χ0v) is 11.0. The first kappa shape index (κ1) is 13.0. The fourth-order valence-corrected chi connectivity index (χ4v) is 1.46. The smallest absolute Gasteiger partial charge is 0.243 e. The van der Waals surface area contributed by atoms with Gasteiger partial charge in [-0.05, 0) is 30.2 Å². The monoisotopic (exact) mass is 281 g/mol. The predicted octanol–water partition coefficient (Wildman–Crippen LogP) is 3.38. The minimum Gasteiger partial charge on any atom is -0.353 e. The van der Waals surface area contributed by atoms with Crippen LogP contribution >= 0.6 is 15.9 Å². The second kappa shape index (κ2) is 7.23. The highest BCUT2D eigenvalue weighted by Crippen LogP contribution is 2.11. The lowest BCUT2D eigenvalue weighted by Crippen LogP contribution is -2.21. The van der Waals surface area contributed by atoms with Gasteiger partial charge in [0.05, 0.1) is 0 Å². The van der Waals surface area contributed by atoms with Crippen LogP contribution in [0.3, 0.4) is 0 Å². The van der Waals surface area contributed by atoms with Gasteiger partial charge in [0.15, 0.2) is 0 Å². The van der Waals surface area contributed by atoms with E-state index in [1.807, 2.05) is 30.3 Å². The molecule has 0 bridgehead atoms. The van der Waals surface area contributed by atoms with Crippen molar-refractivity contribution < 1.29 is 4.79 Å². The molecule has 1 amide bonds. The topological polar surface area (TPSA) is 29.1 Å². The molecule has 1 rings (SSSR count). The van der Waals surface area contributed by atoms with Crippen molar-refractivity contribution in [1.82, 2.24) is 5.32 Å². The minimum atomic E-state index is -0.0311. The molecule has 0 heterocycles. The Morgan fingerprint density at radius 3 is 2.69 bits per heavy atom. The maximum absolute atomic E-state index is 11.4. The lowest BCUT2D eigenvalue weighted by Gasteiger charge is -1.99. The third-order valence-electron chi connectivity index (χ3n) is 2.13. The summed E-state index contributed by atoms with van der Waals surface area (Å²) in [4.78, 5) is 11.4. The van der Waals surface area contributed by atoms with Crippen LogP contribution in [0, 0.1) is 0 Å². The molecule has 0 aromatic heterocycles. The number of hydrogen-bond donors (Lipinski definition) is 1. The summed E-state index contributed by atoms with van der Waals surface area (Å²) in [5.74, 6) is -0.0311. The van der Waals surface area contributed by atoms with E-state index in [0.717, 1.165) is 29.4 Å². The van der Waals surface area contributed by atoms with Crippen LogP contribution in [0.4, 0.5) is 0 Å². The van der Waals surface area contributed by atoms with E-state index in [9.17, 15) is 4.79 Å². The van der Waals surface area contributed by atoms with Gasteiger partial charge in [0.25, 0.3) is 0 Å². The van der Waals surface area contributed by atoms with Gasteiger partial charge in [-0.15, -0.1) is 0 Å². The van der Waals surface area contributed by atoms with E-state index in [-0.39, 0.29) is 5.91 Å². The molecule has 0 aliphatic carbocycles. The Morgan fingerprint density at radius 1 is 1.38 bits per heavy atom. The highest BCUT2D eigenvalue weighted by molar-refractivity contribution is 9.10. The van der Waals surface area contributed by atoms with Crippen LogP contribution in [0.1, 0.15) is 25.3 Å². The highest BCUT2D eigenvalue weighted by Gasteiger charge is 1.93. The molecular formula is C13H16BrNO. The zero-order valence-electron chi connectivity index (χ0n) is 9.37. The number of rotatable bonds is 5. The molecule has 0 aliphatic heterocycles. The number of halogens is 1. The average molecular weight is 282 g/mol. The van der Waals surface area contributed by atoms with E-state index in [4.69, 9.17) is 0 Å². The van der Waals surface area contributed by atoms with E-state index in [1.165, 1.54) is 0 Å². The summed E-state index contributed by atoms with van der Waals surface area (Å²) in [5.41, 5.74) is 1.02. The Balaban J connectivity index is 2.41. The Bertz CT molecular complexity index is 357. The third-order valence-corrected chi connectivity index (χ3v) is 2.66. The van der Waals surface area contributed by atoms with Gasteiger partial charge in [0.2, 0.25) is 5.91 Å². The molecule has 0 spiro atoms. The lowest BCUT2D eigenvalue weighted by atomic mass is 10.2. The van der Waals surface area contributed by atoms with Crippen LogP contribution < -0.4 is 5.32 Å². The summed E-state index contributed by atoms with van der Waals surface area (Å²) in [6, 6.07) is 7.82. The summed E-state index contributed by atoms with van der Waals surface area (Å²) >= 11 is 3.36. The standard InChI is InChI=1S/C13H16BrNO/c1-2-3-10-15-13(16)9-6-11-4-7-12(14)8-5-11/h4-9H,2-3,10H2,1H3,(H,15,16). The summed E-state index contributed by atoms with van der Waals surface area (Å²) in [6.07, 6.45) is 5.50. The molecule has 0 radical (unpaired) electrons. The molecule has 0 unspecified atom stereocenters. The van der Waals surface area contributed by atoms with Gasteiger partial charge in [0, 0.05) is 17.1 Å². The molecule has 0 saturated carbocycles. The maximum atomic E-state index is 11.4. The molecule has 3 heteroatoms. The van der Waals surface area contributed by atoms with E-state index >= 15 is 0 Å². The Labute approximate surface area is 105 Å². The normalized spacial score (nSPS) is 10.6. The second-order valence-electron chi connectivity index (χ2n) is 3.53. The molecule has 1 aromatic carbocycles. The van der Waals surface area contributed by atoms with Gasteiger partial charge in [-0.3, -0.25) is 4.79 Å². The molecule has 16 heavy (non-hydrogen) atoms. The van der Waals surface area contributed by atoms with Crippen molar-refractivity contribution in [3.63, 3.8) is 0 Å². The van der Waals surface area contributed by atoms with Crippen molar-refractivity contribution in [1.29, 1.82) is 0 Å². The van der Waals surface area contributed by atoms with Gasteiger partial charge >= 0.3 is 0 Å². The number of unbranched alkanes of at least 4 members (excludes halogenated alkanes) is 1. The first-order chi connectivity index (χ1) is 7.72. The Hall–Kier alpha value is -1.09. The van der Waals surface area contributed by atoms with Gasteiger partial charge in [0.1, 0.15) is 0 Å². The van der Waals surface area contributed by atoms with Crippen molar-refractivity contribution in [3.05, 3.63) is 40.4 Å².